The topological polar surface area (TPSA) is 101 Å². The van der Waals surface area contributed by atoms with Crippen LogP contribution in [0.5, 0.6) is 5.75 Å². The van der Waals surface area contributed by atoms with Gasteiger partial charge in [-0.25, -0.2) is 0 Å². The first-order valence-electron chi connectivity index (χ1n) is 6.21. The predicted molar refractivity (Wildman–Crippen MR) is 77.6 cm³/mol. The maximum atomic E-state index is 12.0. The van der Waals surface area contributed by atoms with Gasteiger partial charge in [-0.05, 0) is 24.6 Å². The van der Waals surface area contributed by atoms with Crippen molar-refractivity contribution in [2.24, 2.45) is 0 Å². The predicted octanol–water partition coefficient (Wildman–Crippen LogP) is 1.29. The number of phenolic OH excluding ortho intramolecular Hbond substituents is 1. The van der Waals surface area contributed by atoms with Gasteiger partial charge in [0.25, 0.3) is 0 Å². The van der Waals surface area contributed by atoms with E-state index < -0.39 is 0 Å². The van der Waals surface area contributed by atoms with Gasteiger partial charge >= 0.3 is 0 Å². The molecule has 2 rings (SSSR count). The van der Waals surface area contributed by atoms with Crippen LogP contribution in [0.1, 0.15) is 23.4 Å². The van der Waals surface area contributed by atoms with Crippen LogP contribution in [0.2, 0.25) is 0 Å². The molecule has 106 valence electrons. The molecule has 6 nitrogen and oxygen atoms in total. The summed E-state index contributed by atoms with van der Waals surface area (Å²) in [6.45, 7) is 2.32. The van der Waals surface area contributed by atoms with Gasteiger partial charge in [0.1, 0.15) is 10.8 Å². The molecule has 2 aromatic rings. The Morgan fingerprint density at radius 3 is 2.70 bits per heavy atom. The van der Waals surface area contributed by atoms with E-state index in [0.717, 1.165) is 10.6 Å². The van der Waals surface area contributed by atoms with Crippen LogP contribution in [-0.2, 0) is 11.2 Å². The number of phenols is 1. The minimum Gasteiger partial charge on any atom is -0.508 e. The highest BCUT2D eigenvalue weighted by Crippen LogP contribution is 2.18. The Bertz CT molecular complexity index is 582. The Morgan fingerprint density at radius 2 is 2.10 bits per heavy atom. The highest BCUT2D eigenvalue weighted by molar-refractivity contribution is 7.15. The lowest BCUT2D eigenvalue weighted by Gasteiger charge is -2.12. The summed E-state index contributed by atoms with van der Waals surface area (Å²) in [6, 6.07) is 6.63. The van der Waals surface area contributed by atoms with E-state index in [1.165, 1.54) is 11.3 Å². The average molecular weight is 292 g/mol. The number of hydrogen-bond acceptors (Lipinski definition) is 6. The Morgan fingerprint density at radius 1 is 1.40 bits per heavy atom. The van der Waals surface area contributed by atoms with Crippen molar-refractivity contribution in [2.75, 3.05) is 12.3 Å². The van der Waals surface area contributed by atoms with Crippen molar-refractivity contribution >= 4 is 22.4 Å². The smallest absolute Gasteiger partial charge is 0.227 e. The van der Waals surface area contributed by atoms with E-state index in [-0.39, 0.29) is 17.6 Å². The van der Waals surface area contributed by atoms with E-state index in [2.05, 4.69) is 15.5 Å². The Balaban J connectivity index is 1.83. The summed E-state index contributed by atoms with van der Waals surface area (Å²) in [4.78, 5) is 12.0. The number of nitrogens with two attached hydrogens (primary N) is 1. The fraction of sp³-hybridized carbons (Fsp3) is 0.308. The molecule has 1 heterocycles. The molecule has 0 saturated heterocycles. The highest BCUT2D eigenvalue weighted by atomic mass is 32.1. The minimum atomic E-state index is -0.268. The maximum absolute atomic E-state index is 12.0. The van der Waals surface area contributed by atoms with E-state index >= 15 is 0 Å². The molecule has 0 bridgehead atoms. The molecular formula is C13H16N4O2S. The number of nitrogens with zero attached hydrogens (tertiary/aromatic N) is 2. The van der Waals surface area contributed by atoms with Gasteiger partial charge in [0.15, 0.2) is 0 Å². The second-order valence-electron chi connectivity index (χ2n) is 4.39. The van der Waals surface area contributed by atoms with E-state index in [9.17, 15) is 9.90 Å². The van der Waals surface area contributed by atoms with Crippen molar-refractivity contribution in [1.82, 2.24) is 15.5 Å². The van der Waals surface area contributed by atoms with Crippen LogP contribution in [0.25, 0.3) is 0 Å². The molecule has 7 heteroatoms. The lowest BCUT2D eigenvalue weighted by atomic mass is 10.0. The fourth-order valence-corrected chi connectivity index (χ4v) is 2.34. The van der Waals surface area contributed by atoms with Crippen LogP contribution < -0.4 is 11.1 Å². The molecule has 20 heavy (non-hydrogen) atoms. The minimum absolute atomic E-state index is 0.0619. The Kier molecular flexibility index (Phi) is 4.52. The van der Waals surface area contributed by atoms with Crippen LogP contribution >= 0.6 is 11.3 Å². The molecule has 1 amide bonds. The van der Waals surface area contributed by atoms with E-state index in [0.29, 0.717) is 18.1 Å². The molecule has 0 radical (unpaired) electrons. The second-order valence-corrected chi connectivity index (χ2v) is 5.48. The van der Waals surface area contributed by atoms with Gasteiger partial charge in [0.2, 0.25) is 11.0 Å². The summed E-state index contributed by atoms with van der Waals surface area (Å²) >= 11 is 1.32. The molecule has 0 fully saturated rings. The number of carbonyl (C=O) groups excluding carboxylic acids is 1. The molecule has 0 saturated carbocycles. The van der Waals surface area contributed by atoms with Crippen LogP contribution in [-0.4, -0.2) is 27.8 Å². The molecule has 0 spiro atoms. The largest absolute Gasteiger partial charge is 0.508 e. The van der Waals surface area contributed by atoms with Gasteiger partial charge in [0.05, 0.1) is 5.92 Å². The molecule has 0 aliphatic carbocycles. The van der Waals surface area contributed by atoms with Crippen LogP contribution in [0.15, 0.2) is 24.3 Å². The third-order valence-electron chi connectivity index (χ3n) is 2.91. The zero-order chi connectivity index (χ0) is 14.5. The van der Waals surface area contributed by atoms with Crippen LogP contribution in [0.4, 0.5) is 5.13 Å². The van der Waals surface area contributed by atoms with Gasteiger partial charge in [-0.3, -0.25) is 4.79 Å². The molecule has 0 aliphatic heterocycles. The zero-order valence-corrected chi connectivity index (χ0v) is 11.9. The molecular weight excluding hydrogens is 276 g/mol. The number of rotatable bonds is 5. The number of amides is 1. The van der Waals surface area contributed by atoms with Crippen molar-refractivity contribution in [3.05, 3.63) is 34.8 Å². The number of aromatic hydroxyl groups is 1. The van der Waals surface area contributed by atoms with Gasteiger partial charge in [-0.1, -0.05) is 23.5 Å². The van der Waals surface area contributed by atoms with Crippen molar-refractivity contribution in [3.8, 4) is 5.75 Å². The number of nitrogens with one attached hydrogen (secondary N) is 1. The lowest BCUT2D eigenvalue weighted by molar-refractivity contribution is -0.122. The Hall–Kier alpha value is -2.15. The summed E-state index contributed by atoms with van der Waals surface area (Å²) in [5, 5.41) is 20.9. The highest BCUT2D eigenvalue weighted by Gasteiger charge is 2.14. The number of anilines is 1. The summed E-state index contributed by atoms with van der Waals surface area (Å²) in [7, 11) is 0. The Labute approximate surface area is 120 Å². The first-order chi connectivity index (χ1) is 9.56. The first-order valence-corrected chi connectivity index (χ1v) is 7.02. The number of aromatic nitrogens is 2. The third-order valence-corrected chi connectivity index (χ3v) is 3.72. The number of carbonyl (C=O) groups is 1. The standard InChI is InChI=1S/C13H16N4O2S/c1-8(9-2-4-10(18)5-3-9)12(19)15-7-6-11-16-17-13(14)20-11/h2-5,8,18H,6-7H2,1H3,(H2,14,17)(H,15,19). The number of nitrogen functional groups attached to an aromatic ring is 1. The monoisotopic (exact) mass is 292 g/mol. The fourth-order valence-electron chi connectivity index (χ4n) is 1.73. The zero-order valence-electron chi connectivity index (χ0n) is 11.0. The summed E-state index contributed by atoms with van der Waals surface area (Å²) in [5.41, 5.74) is 6.35. The van der Waals surface area contributed by atoms with Crippen molar-refractivity contribution in [3.63, 3.8) is 0 Å². The molecule has 1 unspecified atom stereocenters. The molecule has 4 N–H and O–H groups in total. The normalized spacial score (nSPS) is 12.1. The third kappa shape index (κ3) is 3.67. The van der Waals surface area contributed by atoms with Crippen LogP contribution in [0, 0.1) is 0 Å². The second kappa shape index (κ2) is 6.33. The average Bonchev–Trinajstić information content (AvgIpc) is 2.84. The van der Waals surface area contributed by atoms with E-state index in [1.807, 2.05) is 6.92 Å². The molecule has 1 aromatic carbocycles. The van der Waals surface area contributed by atoms with E-state index in [4.69, 9.17) is 5.73 Å². The number of benzene rings is 1. The van der Waals surface area contributed by atoms with Gasteiger partial charge in [0, 0.05) is 13.0 Å². The summed E-state index contributed by atoms with van der Waals surface area (Å²) < 4.78 is 0. The molecule has 1 aromatic heterocycles. The van der Waals surface area contributed by atoms with Crippen LogP contribution in [0.3, 0.4) is 0 Å². The lowest BCUT2D eigenvalue weighted by Crippen LogP contribution is -2.29. The van der Waals surface area contributed by atoms with Gasteiger partial charge in [-0.15, -0.1) is 10.2 Å². The summed E-state index contributed by atoms with van der Waals surface area (Å²) in [5.74, 6) is -0.140. The van der Waals surface area contributed by atoms with Crippen molar-refractivity contribution in [2.45, 2.75) is 19.3 Å². The first kappa shape index (κ1) is 14.3. The van der Waals surface area contributed by atoms with E-state index in [1.54, 1.807) is 24.3 Å². The number of hydrogen-bond donors (Lipinski definition) is 3. The van der Waals surface area contributed by atoms with Gasteiger partial charge < -0.3 is 16.2 Å². The summed E-state index contributed by atoms with van der Waals surface area (Å²) in [6.07, 6.45) is 0.614. The van der Waals surface area contributed by atoms with Crippen molar-refractivity contribution < 1.29 is 9.90 Å². The molecule has 1 atom stereocenters. The maximum Gasteiger partial charge on any atom is 0.227 e. The SMILES string of the molecule is CC(C(=O)NCCc1nnc(N)s1)c1ccc(O)cc1. The quantitative estimate of drug-likeness (QED) is 0.771. The van der Waals surface area contributed by atoms with Gasteiger partial charge in [-0.2, -0.15) is 0 Å². The molecule has 0 aliphatic rings. The van der Waals surface area contributed by atoms with Crippen molar-refractivity contribution in [1.29, 1.82) is 0 Å².